The van der Waals surface area contributed by atoms with Gasteiger partial charge in [0.1, 0.15) is 5.75 Å². The number of nitro benzene ring substituents is 1. The van der Waals surface area contributed by atoms with E-state index >= 15 is 0 Å². The Labute approximate surface area is 106 Å². The molecule has 0 radical (unpaired) electrons. The number of rotatable bonds is 6. The molecule has 0 amide bonds. The predicted molar refractivity (Wildman–Crippen MR) is 70.8 cm³/mol. The first-order chi connectivity index (χ1) is 8.56. The van der Waals surface area contributed by atoms with Crippen LogP contribution in [0.25, 0.3) is 0 Å². The van der Waals surface area contributed by atoms with Crippen LogP contribution < -0.4 is 10.1 Å². The number of nitro groups is 1. The zero-order valence-electron chi connectivity index (χ0n) is 10.5. The van der Waals surface area contributed by atoms with E-state index in [9.17, 15) is 10.1 Å². The highest BCUT2D eigenvalue weighted by Gasteiger charge is 2.11. The number of hydrogen-bond acceptors (Lipinski definition) is 4. The van der Waals surface area contributed by atoms with Gasteiger partial charge in [0.25, 0.3) is 5.69 Å². The maximum Gasteiger partial charge on any atom is 0.275 e. The van der Waals surface area contributed by atoms with Gasteiger partial charge in [-0.05, 0) is 13.3 Å². The first-order valence-electron chi connectivity index (χ1n) is 5.73. The summed E-state index contributed by atoms with van der Waals surface area (Å²) >= 11 is 0. The summed E-state index contributed by atoms with van der Waals surface area (Å²) in [6.07, 6.45) is 5.72. The lowest BCUT2D eigenvalue weighted by Gasteiger charge is -2.11. The topological polar surface area (TPSA) is 64.4 Å². The van der Waals surface area contributed by atoms with Crippen LogP contribution in [-0.2, 0) is 0 Å². The van der Waals surface area contributed by atoms with Gasteiger partial charge in [-0.1, -0.05) is 12.8 Å². The minimum atomic E-state index is -0.454. The van der Waals surface area contributed by atoms with Crippen molar-refractivity contribution in [3.05, 3.63) is 28.3 Å². The molecule has 0 aliphatic heterocycles. The smallest absolute Gasteiger partial charge is 0.275 e. The van der Waals surface area contributed by atoms with Gasteiger partial charge in [0.15, 0.2) is 6.10 Å². The molecule has 0 aromatic heterocycles. The van der Waals surface area contributed by atoms with Crippen LogP contribution in [0.5, 0.6) is 5.75 Å². The second kappa shape index (κ2) is 6.50. The lowest BCUT2D eigenvalue weighted by Crippen LogP contribution is -2.09. The summed E-state index contributed by atoms with van der Waals surface area (Å²) in [5.41, 5.74) is 0.639. The number of ether oxygens (including phenoxy) is 1. The van der Waals surface area contributed by atoms with Gasteiger partial charge in [-0.3, -0.25) is 10.1 Å². The maximum absolute atomic E-state index is 10.8. The van der Waals surface area contributed by atoms with E-state index in [2.05, 4.69) is 11.2 Å². The zero-order valence-corrected chi connectivity index (χ0v) is 10.5. The van der Waals surface area contributed by atoms with Gasteiger partial charge in [-0.2, -0.15) is 0 Å². The fourth-order valence-corrected chi connectivity index (χ4v) is 1.37. The Morgan fingerprint density at radius 1 is 1.56 bits per heavy atom. The van der Waals surface area contributed by atoms with Gasteiger partial charge in [0.2, 0.25) is 0 Å². The number of terminal acetylenes is 1. The van der Waals surface area contributed by atoms with E-state index in [-0.39, 0.29) is 5.69 Å². The highest BCUT2D eigenvalue weighted by atomic mass is 16.6. The van der Waals surface area contributed by atoms with Crippen molar-refractivity contribution in [2.45, 2.75) is 26.4 Å². The van der Waals surface area contributed by atoms with Gasteiger partial charge >= 0.3 is 0 Å². The van der Waals surface area contributed by atoms with E-state index in [1.165, 1.54) is 12.1 Å². The first kappa shape index (κ1) is 13.8. The number of nitrogens with zero attached hydrogens (tertiary/aromatic N) is 1. The monoisotopic (exact) mass is 248 g/mol. The fourth-order valence-electron chi connectivity index (χ4n) is 1.37. The van der Waals surface area contributed by atoms with E-state index < -0.39 is 11.0 Å². The standard InChI is InChI=1S/C13H16N2O3/c1-4-6-14-11-7-12(15(16)17)9-13(8-11)18-10(3)5-2/h2,7-10,14H,4,6H2,1,3H3. The van der Waals surface area contributed by atoms with Crippen LogP contribution in [0, 0.1) is 22.5 Å². The molecule has 1 aromatic rings. The third kappa shape index (κ3) is 3.98. The SMILES string of the molecule is C#CC(C)Oc1cc(NCCC)cc([N+](=O)[O-])c1. The number of anilines is 1. The molecule has 96 valence electrons. The van der Waals surface area contributed by atoms with E-state index in [0.717, 1.165) is 13.0 Å². The molecule has 1 unspecified atom stereocenters. The molecular weight excluding hydrogens is 232 g/mol. The molecule has 0 bridgehead atoms. The first-order valence-corrected chi connectivity index (χ1v) is 5.73. The van der Waals surface area contributed by atoms with Crippen LogP contribution in [0.15, 0.2) is 18.2 Å². The summed E-state index contributed by atoms with van der Waals surface area (Å²) in [6.45, 7) is 4.46. The van der Waals surface area contributed by atoms with Gasteiger partial charge < -0.3 is 10.1 Å². The Bertz CT molecular complexity index is 466. The molecule has 0 heterocycles. The Kier molecular flexibility index (Phi) is 5.00. The number of non-ortho nitro benzene ring substituents is 1. The Balaban J connectivity index is 2.98. The van der Waals surface area contributed by atoms with Crippen LogP contribution in [0.1, 0.15) is 20.3 Å². The predicted octanol–water partition coefficient (Wildman–Crippen LogP) is 2.82. The molecule has 18 heavy (non-hydrogen) atoms. The average Bonchev–Trinajstić information content (AvgIpc) is 2.35. The van der Waals surface area contributed by atoms with Gasteiger partial charge in [0, 0.05) is 24.4 Å². The molecule has 5 nitrogen and oxygen atoms in total. The maximum atomic E-state index is 10.8. The highest BCUT2D eigenvalue weighted by Crippen LogP contribution is 2.26. The van der Waals surface area contributed by atoms with Crippen molar-refractivity contribution >= 4 is 11.4 Å². The summed E-state index contributed by atoms with van der Waals surface area (Å²) in [4.78, 5) is 10.4. The van der Waals surface area contributed by atoms with Gasteiger partial charge in [-0.25, -0.2) is 0 Å². The quantitative estimate of drug-likeness (QED) is 0.477. The number of benzene rings is 1. The molecule has 0 saturated heterocycles. The molecular formula is C13H16N2O3. The summed E-state index contributed by atoms with van der Waals surface area (Å²) in [5, 5.41) is 13.9. The Morgan fingerprint density at radius 3 is 2.83 bits per heavy atom. The molecule has 0 fully saturated rings. The molecule has 0 spiro atoms. The normalized spacial score (nSPS) is 11.4. The second-order valence-electron chi connectivity index (χ2n) is 3.83. The Morgan fingerprint density at radius 2 is 2.28 bits per heavy atom. The highest BCUT2D eigenvalue weighted by molar-refractivity contribution is 5.56. The van der Waals surface area contributed by atoms with Crippen molar-refractivity contribution < 1.29 is 9.66 Å². The lowest BCUT2D eigenvalue weighted by atomic mass is 10.2. The number of nitrogens with one attached hydrogen (secondary N) is 1. The van der Waals surface area contributed by atoms with E-state index in [1.54, 1.807) is 13.0 Å². The van der Waals surface area contributed by atoms with Crippen LogP contribution in [-0.4, -0.2) is 17.6 Å². The molecule has 0 aliphatic carbocycles. The van der Waals surface area contributed by atoms with Crippen molar-refractivity contribution in [2.24, 2.45) is 0 Å². The third-order valence-corrected chi connectivity index (χ3v) is 2.23. The van der Waals surface area contributed by atoms with Crippen molar-refractivity contribution in [1.29, 1.82) is 0 Å². The van der Waals surface area contributed by atoms with Crippen molar-refractivity contribution in [1.82, 2.24) is 0 Å². The van der Waals surface area contributed by atoms with Crippen LogP contribution in [0.3, 0.4) is 0 Å². The van der Waals surface area contributed by atoms with Crippen LogP contribution in [0.2, 0.25) is 0 Å². The molecule has 1 atom stereocenters. The molecule has 0 aliphatic rings. The Hall–Kier alpha value is -2.22. The molecule has 1 rings (SSSR count). The molecule has 0 saturated carbocycles. The molecule has 1 aromatic carbocycles. The number of hydrogen-bond donors (Lipinski definition) is 1. The van der Waals surface area contributed by atoms with E-state index in [1.807, 2.05) is 6.92 Å². The van der Waals surface area contributed by atoms with Gasteiger partial charge in [-0.15, -0.1) is 6.42 Å². The molecule has 1 N–H and O–H groups in total. The average molecular weight is 248 g/mol. The van der Waals surface area contributed by atoms with E-state index in [0.29, 0.717) is 11.4 Å². The molecule has 5 heteroatoms. The third-order valence-electron chi connectivity index (χ3n) is 2.23. The largest absolute Gasteiger partial charge is 0.478 e. The van der Waals surface area contributed by atoms with Crippen molar-refractivity contribution in [3.63, 3.8) is 0 Å². The summed E-state index contributed by atoms with van der Waals surface area (Å²) in [5.74, 6) is 2.81. The van der Waals surface area contributed by atoms with Crippen LogP contribution >= 0.6 is 0 Å². The second-order valence-corrected chi connectivity index (χ2v) is 3.83. The van der Waals surface area contributed by atoms with E-state index in [4.69, 9.17) is 11.2 Å². The summed E-state index contributed by atoms with van der Waals surface area (Å²) in [6, 6.07) is 4.55. The lowest BCUT2D eigenvalue weighted by molar-refractivity contribution is -0.384. The van der Waals surface area contributed by atoms with Crippen molar-refractivity contribution in [2.75, 3.05) is 11.9 Å². The zero-order chi connectivity index (χ0) is 13.5. The van der Waals surface area contributed by atoms with Crippen LogP contribution in [0.4, 0.5) is 11.4 Å². The minimum absolute atomic E-state index is 0.0182. The fraction of sp³-hybridized carbons (Fsp3) is 0.385. The summed E-state index contributed by atoms with van der Waals surface area (Å²) in [7, 11) is 0. The van der Waals surface area contributed by atoms with Crippen molar-refractivity contribution in [3.8, 4) is 18.1 Å². The summed E-state index contributed by atoms with van der Waals surface area (Å²) < 4.78 is 5.39. The van der Waals surface area contributed by atoms with Gasteiger partial charge in [0.05, 0.1) is 11.0 Å². The minimum Gasteiger partial charge on any atom is -0.478 e.